The summed E-state index contributed by atoms with van der Waals surface area (Å²) in [6, 6.07) is 3.67. The first-order chi connectivity index (χ1) is 8.99. The Kier molecular flexibility index (Phi) is 5.80. The van der Waals surface area contributed by atoms with Crippen molar-refractivity contribution in [2.75, 3.05) is 11.4 Å². The highest BCUT2D eigenvalue weighted by Gasteiger charge is 2.15. The first-order valence-electron chi connectivity index (χ1n) is 7.00. The maximum Gasteiger partial charge on any atom is 0.335 e. The van der Waals surface area contributed by atoms with E-state index in [0.717, 1.165) is 37.3 Å². The van der Waals surface area contributed by atoms with Gasteiger partial charge in [0.1, 0.15) is 5.82 Å². The zero-order valence-electron chi connectivity index (χ0n) is 12.3. The third kappa shape index (κ3) is 4.23. The molecule has 0 aliphatic heterocycles. The number of anilines is 1. The molecule has 106 valence electrons. The van der Waals surface area contributed by atoms with Crippen LogP contribution in [0.4, 0.5) is 5.82 Å². The van der Waals surface area contributed by atoms with E-state index in [1.807, 2.05) is 0 Å². The molecule has 0 aromatic carbocycles. The Balaban J connectivity index is 3.19. The van der Waals surface area contributed by atoms with Crippen molar-refractivity contribution in [3.05, 3.63) is 23.4 Å². The van der Waals surface area contributed by atoms with E-state index in [-0.39, 0.29) is 0 Å². The summed E-state index contributed by atoms with van der Waals surface area (Å²) in [6.07, 6.45) is 2.79. The van der Waals surface area contributed by atoms with Crippen LogP contribution in [-0.2, 0) is 6.42 Å². The van der Waals surface area contributed by atoms with Crippen LogP contribution in [0.5, 0.6) is 0 Å². The predicted molar refractivity (Wildman–Crippen MR) is 78.0 cm³/mol. The Labute approximate surface area is 115 Å². The van der Waals surface area contributed by atoms with Crippen molar-refractivity contribution in [3.63, 3.8) is 0 Å². The minimum atomic E-state index is -0.888. The van der Waals surface area contributed by atoms with Gasteiger partial charge in [-0.2, -0.15) is 0 Å². The lowest BCUT2D eigenvalue weighted by molar-refractivity contribution is 0.0696. The van der Waals surface area contributed by atoms with E-state index < -0.39 is 5.97 Å². The Hall–Kier alpha value is -1.58. The van der Waals surface area contributed by atoms with Crippen LogP contribution in [0.25, 0.3) is 0 Å². The van der Waals surface area contributed by atoms with Crippen LogP contribution >= 0.6 is 0 Å². The second kappa shape index (κ2) is 7.12. The molecular weight excluding hydrogens is 240 g/mol. The number of carbonyl (C=O) groups is 1. The Morgan fingerprint density at radius 2 is 2.00 bits per heavy atom. The van der Waals surface area contributed by atoms with E-state index in [0.29, 0.717) is 11.6 Å². The smallest absolute Gasteiger partial charge is 0.335 e. The molecule has 0 fully saturated rings. The standard InChI is InChI=1S/C15H24N2O2/c1-5-7-13-9-12(15(18)19)10-14(16-13)17(8-6-2)11(3)4/h9-11H,5-8H2,1-4H3,(H,18,19). The van der Waals surface area contributed by atoms with Gasteiger partial charge in [0.15, 0.2) is 0 Å². The van der Waals surface area contributed by atoms with Crippen LogP contribution < -0.4 is 4.90 Å². The summed E-state index contributed by atoms with van der Waals surface area (Å²) in [5, 5.41) is 9.21. The summed E-state index contributed by atoms with van der Waals surface area (Å²) in [4.78, 5) is 18.0. The third-order valence-corrected chi connectivity index (χ3v) is 3.00. The maximum atomic E-state index is 11.2. The molecule has 0 unspecified atom stereocenters. The number of nitrogens with zero attached hydrogens (tertiary/aromatic N) is 2. The molecule has 0 saturated carbocycles. The Morgan fingerprint density at radius 1 is 1.32 bits per heavy atom. The quantitative estimate of drug-likeness (QED) is 0.820. The van der Waals surface area contributed by atoms with Gasteiger partial charge in [-0.15, -0.1) is 0 Å². The normalized spacial score (nSPS) is 10.8. The fourth-order valence-corrected chi connectivity index (χ4v) is 2.10. The van der Waals surface area contributed by atoms with Crippen molar-refractivity contribution >= 4 is 11.8 Å². The topological polar surface area (TPSA) is 53.4 Å². The molecule has 1 rings (SSSR count). The number of aromatic nitrogens is 1. The van der Waals surface area contributed by atoms with Crippen LogP contribution in [0.15, 0.2) is 12.1 Å². The highest BCUT2D eigenvalue weighted by molar-refractivity contribution is 5.88. The summed E-state index contributed by atoms with van der Waals surface area (Å²) in [6.45, 7) is 9.28. The van der Waals surface area contributed by atoms with Crippen molar-refractivity contribution in [2.45, 2.75) is 53.0 Å². The minimum Gasteiger partial charge on any atom is -0.478 e. The monoisotopic (exact) mass is 264 g/mol. The molecule has 0 atom stereocenters. The molecular formula is C15H24N2O2. The number of carboxylic acid groups (broad SMARTS) is 1. The van der Waals surface area contributed by atoms with E-state index in [4.69, 9.17) is 0 Å². The van der Waals surface area contributed by atoms with Gasteiger partial charge >= 0.3 is 5.97 Å². The molecule has 0 saturated heterocycles. The van der Waals surface area contributed by atoms with Crippen LogP contribution in [0.3, 0.4) is 0 Å². The predicted octanol–water partition coefficient (Wildman–Crippen LogP) is 3.36. The largest absolute Gasteiger partial charge is 0.478 e. The summed E-state index contributed by atoms with van der Waals surface area (Å²) >= 11 is 0. The first-order valence-corrected chi connectivity index (χ1v) is 7.00. The molecule has 0 bridgehead atoms. The molecule has 0 aliphatic carbocycles. The molecule has 1 aromatic rings. The van der Waals surface area contributed by atoms with Gasteiger partial charge in [0, 0.05) is 18.3 Å². The molecule has 0 amide bonds. The SMILES string of the molecule is CCCc1cc(C(=O)O)cc(N(CCC)C(C)C)n1. The highest BCUT2D eigenvalue weighted by Crippen LogP contribution is 2.19. The molecule has 0 radical (unpaired) electrons. The zero-order chi connectivity index (χ0) is 14.4. The third-order valence-electron chi connectivity index (χ3n) is 3.00. The van der Waals surface area contributed by atoms with Gasteiger partial charge in [0.2, 0.25) is 0 Å². The molecule has 1 aromatic heterocycles. The molecule has 0 spiro atoms. The minimum absolute atomic E-state index is 0.311. The van der Waals surface area contributed by atoms with Crippen molar-refractivity contribution in [2.24, 2.45) is 0 Å². The maximum absolute atomic E-state index is 11.2. The number of hydrogen-bond acceptors (Lipinski definition) is 3. The Morgan fingerprint density at radius 3 is 2.47 bits per heavy atom. The molecule has 1 heterocycles. The van der Waals surface area contributed by atoms with E-state index >= 15 is 0 Å². The first kappa shape index (κ1) is 15.5. The van der Waals surface area contributed by atoms with E-state index in [1.165, 1.54) is 0 Å². The lowest BCUT2D eigenvalue weighted by Gasteiger charge is -2.28. The second-order valence-corrected chi connectivity index (χ2v) is 5.05. The summed E-state index contributed by atoms with van der Waals surface area (Å²) in [5.41, 5.74) is 1.19. The molecule has 0 aliphatic rings. The second-order valence-electron chi connectivity index (χ2n) is 5.05. The lowest BCUT2D eigenvalue weighted by Crippen LogP contribution is -2.32. The number of hydrogen-bond donors (Lipinski definition) is 1. The average Bonchev–Trinajstić information content (AvgIpc) is 2.35. The lowest BCUT2D eigenvalue weighted by atomic mass is 10.1. The molecule has 4 heteroatoms. The van der Waals surface area contributed by atoms with Gasteiger partial charge in [-0.25, -0.2) is 9.78 Å². The average molecular weight is 264 g/mol. The number of pyridine rings is 1. The summed E-state index contributed by atoms with van der Waals surface area (Å²) in [7, 11) is 0. The molecule has 19 heavy (non-hydrogen) atoms. The van der Waals surface area contributed by atoms with E-state index in [2.05, 4.69) is 37.6 Å². The highest BCUT2D eigenvalue weighted by atomic mass is 16.4. The summed E-state index contributed by atoms with van der Waals surface area (Å²) in [5.74, 6) is -0.110. The number of aryl methyl sites for hydroxylation is 1. The molecule has 4 nitrogen and oxygen atoms in total. The van der Waals surface area contributed by atoms with Gasteiger partial charge in [-0.3, -0.25) is 0 Å². The van der Waals surface area contributed by atoms with Crippen LogP contribution in [0.1, 0.15) is 56.6 Å². The van der Waals surface area contributed by atoms with Crippen LogP contribution in [0.2, 0.25) is 0 Å². The van der Waals surface area contributed by atoms with E-state index in [1.54, 1.807) is 12.1 Å². The number of aromatic carboxylic acids is 1. The van der Waals surface area contributed by atoms with Crippen molar-refractivity contribution in [1.29, 1.82) is 0 Å². The van der Waals surface area contributed by atoms with Gasteiger partial charge in [0.25, 0.3) is 0 Å². The van der Waals surface area contributed by atoms with Gasteiger partial charge in [0.05, 0.1) is 5.56 Å². The van der Waals surface area contributed by atoms with Crippen molar-refractivity contribution in [1.82, 2.24) is 4.98 Å². The Bertz CT molecular complexity index is 430. The zero-order valence-corrected chi connectivity index (χ0v) is 12.3. The van der Waals surface area contributed by atoms with Gasteiger partial charge < -0.3 is 10.0 Å². The van der Waals surface area contributed by atoms with Crippen molar-refractivity contribution in [3.8, 4) is 0 Å². The number of carboxylic acids is 1. The van der Waals surface area contributed by atoms with Crippen LogP contribution in [0, 0.1) is 0 Å². The summed E-state index contributed by atoms with van der Waals surface area (Å²) < 4.78 is 0. The van der Waals surface area contributed by atoms with Crippen molar-refractivity contribution < 1.29 is 9.90 Å². The van der Waals surface area contributed by atoms with Gasteiger partial charge in [-0.1, -0.05) is 20.3 Å². The molecule has 1 N–H and O–H groups in total. The van der Waals surface area contributed by atoms with E-state index in [9.17, 15) is 9.90 Å². The fraction of sp³-hybridized carbons (Fsp3) is 0.600. The van der Waals surface area contributed by atoms with Gasteiger partial charge in [-0.05, 0) is 38.8 Å². The fourth-order valence-electron chi connectivity index (χ4n) is 2.10. The van der Waals surface area contributed by atoms with Crippen LogP contribution in [-0.4, -0.2) is 28.6 Å². The number of rotatable bonds is 7.